The van der Waals surface area contributed by atoms with E-state index in [9.17, 15) is 9.59 Å². The van der Waals surface area contributed by atoms with Gasteiger partial charge in [0.25, 0.3) is 0 Å². The highest BCUT2D eigenvalue weighted by Gasteiger charge is 2.32. The van der Waals surface area contributed by atoms with Crippen molar-refractivity contribution in [3.8, 4) is 0 Å². The predicted molar refractivity (Wildman–Crippen MR) is 88.4 cm³/mol. The molecule has 1 aliphatic carbocycles. The molecular weight excluding hydrogens is 292 g/mol. The minimum Gasteiger partial charge on any atom is -0.342 e. The van der Waals surface area contributed by atoms with Crippen LogP contribution in [0.5, 0.6) is 0 Å². The Kier molecular flexibility index (Phi) is 4.60. The Morgan fingerprint density at radius 3 is 2.30 bits per heavy atom. The van der Waals surface area contributed by atoms with Gasteiger partial charge < -0.3 is 4.90 Å². The summed E-state index contributed by atoms with van der Waals surface area (Å²) in [5.74, 6) is 1.78. The molecule has 2 fully saturated rings. The molecule has 2 aliphatic rings. The van der Waals surface area contributed by atoms with Crippen molar-refractivity contribution in [2.24, 2.45) is 13.0 Å². The average molecular weight is 320 g/mol. The summed E-state index contributed by atoms with van der Waals surface area (Å²) in [6, 6.07) is 0.115. The van der Waals surface area contributed by atoms with Crippen molar-refractivity contribution < 1.29 is 4.79 Å². The van der Waals surface area contributed by atoms with Gasteiger partial charge in [0.1, 0.15) is 5.82 Å². The van der Waals surface area contributed by atoms with E-state index in [1.54, 1.807) is 11.6 Å². The lowest BCUT2D eigenvalue weighted by Gasteiger charge is -2.33. The van der Waals surface area contributed by atoms with Crippen LogP contribution in [0.15, 0.2) is 4.79 Å². The van der Waals surface area contributed by atoms with Gasteiger partial charge in [-0.05, 0) is 39.5 Å². The molecule has 1 aromatic heterocycles. The lowest BCUT2D eigenvalue weighted by Crippen LogP contribution is -2.41. The van der Waals surface area contributed by atoms with Crippen LogP contribution in [-0.4, -0.2) is 38.2 Å². The van der Waals surface area contributed by atoms with Gasteiger partial charge in [0.15, 0.2) is 0 Å². The van der Waals surface area contributed by atoms with Crippen molar-refractivity contribution in [1.29, 1.82) is 0 Å². The summed E-state index contributed by atoms with van der Waals surface area (Å²) in [5, 5.41) is 4.47. The largest absolute Gasteiger partial charge is 0.345 e. The zero-order valence-electron chi connectivity index (χ0n) is 14.5. The van der Waals surface area contributed by atoms with Crippen molar-refractivity contribution in [3.05, 3.63) is 16.3 Å². The molecule has 0 atom stereocenters. The maximum Gasteiger partial charge on any atom is 0.345 e. The van der Waals surface area contributed by atoms with Crippen LogP contribution in [-0.2, 0) is 11.8 Å². The first-order valence-electron chi connectivity index (χ1n) is 8.93. The van der Waals surface area contributed by atoms with E-state index in [2.05, 4.69) is 5.10 Å². The van der Waals surface area contributed by atoms with E-state index in [1.807, 2.05) is 18.7 Å². The zero-order chi connectivity index (χ0) is 16.6. The van der Waals surface area contributed by atoms with Crippen molar-refractivity contribution in [2.45, 2.75) is 64.3 Å². The number of aromatic nitrogens is 3. The number of carbonyl (C=O) groups excluding carboxylic acids is 1. The summed E-state index contributed by atoms with van der Waals surface area (Å²) in [4.78, 5) is 26.8. The van der Waals surface area contributed by atoms with Gasteiger partial charge in [-0.25, -0.2) is 9.48 Å². The van der Waals surface area contributed by atoms with E-state index >= 15 is 0 Å². The molecule has 0 N–H and O–H groups in total. The van der Waals surface area contributed by atoms with Crippen molar-refractivity contribution in [1.82, 2.24) is 19.2 Å². The molecule has 128 valence electrons. The smallest absolute Gasteiger partial charge is 0.342 e. The molecule has 1 saturated heterocycles. The van der Waals surface area contributed by atoms with E-state index in [-0.39, 0.29) is 23.6 Å². The Morgan fingerprint density at radius 2 is 1.74 bits per heavy atom. The second-order valence-corrected chi connectivity index (χ2v) is 7.31. The molecule has 0 unspecified atom stereocenters. The molecule has 6 heteroatoms. The number of hydrogen-bond donors (Lipinski definition) is 0. The second-order valence-electron chi connectivity index (χ2n) is 7.31. The van der Waals surface area contributed by atoms with Crippen LogP contribution in [0, 0.1) is 5.92 Å². The third-order valence-corrected chi connectivity index (χ3v) is 5.37. The van der Waals surface area contributed by atoms with Crippen molar-refractivity contribution in [3.63, 3.8) is 0 Å². The van der Waals surface area contributed by atoms with Gasteiger partial charge in [-0.1, -0.05) is 12.8 Å². The quantitative estimate of drug-likeness (QED) is 0.856. The molecule has 3 rings (SSSR count). The van der Waals surface area contributed by atoms with Crippen LogP contribution >= 0.6 is 0 Å². The van der Waals surface area contributed by atoms with Gasteiger partial charge in [-0.3, -0.25) is 9.36 Å². The van der Waals surface area contributed by atoms with Gasteiger partial charge in [-0.2, -0.15) is 5.10 Å². The molecule has 2 heterocycles. The molecule has 1 saturated carbocycles. The molecule has 0 bridgehead atoms. The first-order valence-corrected chi connectivity index (χ1v) is 8.93. The Bertz CT molecular complexity index is 617. The second kappa shape index (κ2) is 6.49. The Morgan fingerprint density at radius 1 is 1.13 bits per heavy atom. The average Bonchev–Trinajstić information content (AvgIpc) is 3.16. The molecule has 0 spiro atoms. The van der Waals surface area contributed by atoms with Gasteiger partial charge >= 0.3 is 5.69 Å². The van der Waals surface area contributed by atoms with Crippen LogP contribution in [0.2, 0.25) is 0 Å². The normalized spacial score (nSPS) is 20.6. The fourth-order valence-corrected chi connectivity index (χ4v) is 4.05. The summed E-state index contributed by atoms with van der Waals surface area (Å²) in [7, 11) is 1.71. The summed E-state index contributed by atoms with van der Waals surface area (Å²) < 4.78 is 3.24. The van der Waals surface area contributed by atoms with E-state index in [1.165, 1.54) is 17.5 Å². The minimum atomic E-state index is -0.0422. The van der Waals surface area contributed by atoms with Gasteiger partial charge in [0, 0.05) is 38.0 Å². The Labute approximate surface area is 137 Å². The lowest BCUT2D eigenvalue weighted by molar-refractivity contribution is -0.136. The highest BCUT2D eigenvalue weighted by molar-refractivity contribution is 5.79. The molecule has 0 radical (unpaired) electrons. The fraction of sp³-hybridized carbons (Fsp3) is 0.824. The Hall–Kier alpha value is -1.59. The van der Waals surface area contributed by atoms with Gasteiger partial charge in [0.05, 0.1) is 0 Å². The number of piperidine rings is 1. The van der Waals surface area contributed by atoms with Crippen LogP contribution in [0.1, 0.15) is 70.2 Å². The topological polar surface area (TPSA) is 60.1 Å². The minimum absolute atomic E-state index is 0.0422. The maximum atomic E-state index is 12.5. The summed E-state index contributed by atoms with van der Waals surface area (Å²) in [6.07, 6.45) is 6.32. The van der Waals surface area contributed by atoms with Gasteiger partial charge in [0.2, 0.25) is 5.91 Å². The number of rotatable bonds is 3. The molecule has 0 aromatic carbocycles. The van der Waals surface area contributed by atoms with Crippen LogP contribution < -0.4 is 5.69 Å². The fourth-order valence-electron chi connectivity index (χ4n) is 4.05. The third-order valence-electron chi connectivity index (χ3n) is 5.37. The van der Waals surface area contributed by atoms with E-state index in [4.69, 9.17) is 0 Å². The number of likely N-dealkylation sites (tertiary alicyclic amines) is 1. The number of aryl methyl sites for hydroxylation is 1. The molecule has 1 aliphatic heterocycles. The number of amides is 1. The predicted octanol–water partition coefficient (Wildman–Crippen LogP) is 2.06. The molecule has 1 amide bonds. The maximum absolute atomic E-state index is 12.5. The van der Waals surface area contributed by atoms with Crippen LogP contribution in [0.4, 0.5) is 0 Å². The molecule has 6 nitrogen and oxygen atoms in total. The van der Waals surface area contributed by atoms with E-state index < -0.39 is 0 Å². The van der Waals surface area contributed by atoms with Crippen molar-refractivity contribution in [2.75, 3.05) is 13.1 Å². The highest BCUT2D eigenvalue weighted by Crippen LogP contribution is 2.31. The monoisotopic (exact) mass is 320 g/mol. The SMILES string of the molecule is CC(C)n1c(C2CCN(C(=O)C3CCCC3)CC2)nn(C)c1=O. The molecular formula is C17H28N4O2. The van der Waals surface area contributed by atoms with Crippen molar-refractivity contribution >= 4 is 5.91 Å². The molecule has 23 heavy (non-hydrogen) atoms. The third kappa shape index (κ3) is 3.08. The first-order chi connectivity index (χ1) is 11.0. The van der Waals surface area contributed by atoms with Crippen LogP contribution in [0.3, 0.4) is 0 Å². The van der Waals surface area contributed by atoms with E-state index in [0.29, 0.717) is 5.91 Å². The number of carbonyl (C=O) groups is 1. The number of nitrogens with zero attached hydrogens (tertiary/aromatic N) is 4. The van der Waals surface area contributed by atoms with Gasteiger partial charge in [-0.15, -0.1) is 0 Å². The summed E-state index contributed by atoms with van der Waals surface area (Å²) in [5.41, 5.74) is -0.0422. The Balaban J connectivity index is 1.68. The van der Waals surface area contributed by atoms with Crippen LogP contribution in [0.25, 0.3) is 0 Å². The summed E-state index contributed by atoms with van der Waals surface area (Å²) in [6.45, 7) is 5.63. The first kappa shape index (κ1) is 16.3. The standard InChI is InChI=1S/C17H28N4O2/c1-12(2)21-15(18-19(3)17(21)23)13-8-10-20(11-9-13)16(22)14-6-4-5-7-14/h12-14H,4-11H2,1-3H3. The highest BCUT2D eigenvalue weighted by atomic mass is 16.2. The number of hydrogen-bond acceptors (Lipinski definition) is 3. The lowest BCUT2D eigenvalue weighted by atomic mass is 9.94. The van der Waals surface area contributed by atoms with E-state index in [0.717, 1.165) is 44.6 Å². The molecule has 1 aromatic rings. The zero-order valence-corrected chi connectivity index (χ0v) is 14.5. The summed E-state index contributed by atoms with van der Waals surface area (Å²) >= 11 is 0.